The average molecular weight is 457 g/mol. The van der Waals surface area contributed by atoms with Gasteiger partial charge in [0, 0.05) is 5.41 Å². The topological polar surface area (TPSA) is 0 Å². The van der Waals surface area contributed by atoms with Crippen LogP contribution in [0.2, 0.25) is 0 Å². The maximum absolute atomic E-state index is 2.30. The molecule has 0 atom stereocenters. The van der Waals surface area contributed by atoms with Gasteiger partial charge >= 0.3 is 0 Å². The molecule has 176 valence electrons. The van der Waals surface area contributed by atoms with Gasteiger partial charge < -0.3 is 0 Å². The van der Waals surface area contributed by atoms with E-state index in [0.717, 1.165) is 12.8 Å². The van der Waals surface area contributed by atoms with Crippen LogP contribution in [0.1, 0.15) is 72.2 Å². The van der Waals surface area contributed by atoms with E-state index < -0.39 is 0 Å². The minimum absolute atomic E-state index is 0.0591. The fraction of sp³-hybridized carbons (Fsp3) is 0.200. The summed E-state index contributed by atoms with van der Waals surface area (Å²) < 4.78 is 0. The molecular weight excluding hydrogens is 420 g/mol. The lowest BCUT2D eigenvalue weighted by atomic mass is 9.78. The van der Waals surface area contributed by atoms with Crippen molar-refractivity contribution in [1.82, 2.24) is 0 Å². The Hall–Kier alpha value is -3.64. The third-order valence-electron chi connectivity index (χ3n) is 6.98. The SMILES string of the molecule is CCc1ccc(/C=C/c2ccc(C(C)(C)c3ccc(/C=C/c4ccc(CC)cc4)cc3)cc2)cc1. The van der Waals surface area contributed by atoms with Gasteiger partial charge in [0.2, 0.25) is 0 Å². The summed E-state index contributed by atoms with van der Waals surface area (Å²) in [5.41, 5.74) is 10.2. The van der Waals surface area contributed by atoms with Gasteiger partial charge in [-0.25, -0.2) is 0 Å². The fourth-order valence-corrected chi connectivity index (χ4v) is 4.30. The largest absolute Gasteiger partial charge is 0.0613 e. The van der Waals surface area contributed by atoms with Crippen LogP contribution in [-0.2, 0) is 18.3 Å². The number of hydrogen-bond acceptors (Lipinski definition) is 0. The van der Waals surface area contributed by atoms with E-state index in [-0.39, 0.29) is 5.41 Å². The van der Waals surface area contributed by atoms with Crippen LogP contribution in [0, 0.1) is 0 Å². The summed E-state index contributed by atoms with van der Waals surface area (Å²) in [6, 6.07) is 35.5. The van der Waals surface area contributed by atoms with Crippen LogP contribution in [0.15, 0.2) is 97.1 Å². The predicted molar refractivity (Wildman–Crippen MR) is 155 cm³/mol. The lowest BCUT2D eigenvalue weighted by Gasteiger charge is -2.26. The summed E-state index contributed by atoms with van der Waals surface area (Å²) in [4.78, 5) is 0. The molecule has 0 aliphatic heterocycles. The third kappa shape index (κ3) is 6.28. The van der Waals surface area contributed by atoms with Gasteiger partial charge in [-0.3, -0.25) is 0 Å². The van der Waals surface area contributed by atoms with E-state index in [1.807, 2.05) is 0 Å². The minimum atomic E-state index is -0.0591. The number of hydrogen-bond donors (Lipinski definition) is 0. The van der Waals surface area contributed by atoms with Gasteiger partial charge in [-0.1, -0.05) is 149 Å². The smallest absolute Gasteiger partial charge is 0.0146 e. The molecule has 4 aromatic carbocycles. The van der Waals surface area contributed by atoms with Gasteiger partial charge in [0.1, 0.15) is 0 Å². The maximum atomic E-state index is 2.30. The van der Waals surface area contributed by atoms with E-state index in [9.17, 15) is 0 Å². The van der Waals surface area contributed by atoms with E-state index in [4.69, 9.17) is 0 Å². The molecule has 0 aliphatic rings. The summed E-state index contributed by atoms with van der Waals surface area (Å²) in [7, 11) is 0. The number of benzene rings is 4. The summed E-state index contributed by atoms with van der Waals surface area (Å²) in [5.74, 6) is 0. The molecule has 0 aliphatic carbocycles. The zero-order valence-corrected chi connectivity index (χ0v) is 21.5. The highest BCUT2D eigenvalue weighted by Crippen LogP contribution is 2.32. The van der Waals surface area contributed by atoms with Crippen LogP contribution in [0.25, 0.3) is 24.3 Å². The van der Waals surface area contributed by atoms with Crippen LogP contribution in [-0.4, -0.2) is 0 Å². The highest BCUT2D eigenvalue weighted by molar-refractivity contribution is 5.71. The Morgan fingerprint density at radius 1 is 0.429 bits per heavy atom. The Balaban J connectivity index is 1.43. The van der Waals surface area contributed by atoms with Crippen molar-refractivity contribution in [3.63, 3.8) is 0 Å². The Bertz CT molecular complexity index is 1160. The average Bonchev–Trinajstić information content (AvgIpc) is 2.92. The minimum Gasteiger partial charge on any atom is -0.0613 e. The van der Waals surface area contributed by atoms with E-state index in [1.165, 1.54) is 44.5 Å². The zero-order valence-electron chi connectivity index (χ0n) is 21.5. The van der Waals surface area contributed by atoms with Crippen molar-refractivity contribution < 1.29 is 0 Å². The summed E-state index contributed by atoms with van der Waals surface area (Å²) in [5, 5.41) is 0. The molecule has 4 rings (SSSR count). The second kappa shape index (κ2) is 11.2. The third-order valence-corrected chi connectivity index (χ3v) is 6.98. The molecule has 0 saturated carbocycles. The Morgan fingerprint density at radius 2 is 0.686 bits per heavy atom. The van der Waals surface area contributed by atoms with E-state index in [1.54, 1.807) is 0 Å². The van der Waals surface area contributed by atoms with Crippen molar-refractivity contribution >= 4 is 24.3 Å². The van der Waals surface area contributed by atoms with E-state index >= 15 is 0 Å². The van der Waals surface area contributed by atoms with Gasteiger partial charge in [0.05, 0.1) is 0 Å². The molecule has 0 spiro atoms. The lowest BCUT2D eigenvalue weighted by molar-refractivity contribution is 0.641. The molecule has 4 aromatic rings. The molecule has 0 radical (unpaired) electrons. The molecule has 0 bridgehead atoms. The van der Waals surface area contributed by atoms with E-state index in [0.29, 0.717) is 0 Å². The predicted octanol–water partition coefficient (Wildman–Crippen LogP) is 9.48. The second-order valence-electron chi connectivity index (χ2n) is 9.73. The Kier molecular flexibility index (Phi) is 7.83. The normalized spacial score (nSPS) is 12.0. The molecule has 0 fully saturated rings. The standard InChI is InChI=1S/C35H36/c1-5-27-7-11-29(12-8-27)15-17-31-19-23-33(24-20-31)35(3,4)34-25-21-32(22-26-34)18-16-30-13-9-28(6-2)10-14-30/h7-26H,5-6H2,1-4H3/b17-15+,18-16+. The van der Waals surface area contributed by atoms with Crippen molar-refractivity contribution in [2.45, 2.75) is 46.0 Å². The molecule has 0 saturated heterocycles. The molecule has 35 heavy (non-hydrogen) atoms. The van der Waals surface area contributed by atoms with Crippen molar-refractivity contribution in [1.29, 1.82) is 0 Å². The Morgan fingerprint density at radius 3 is 0.943 bits per heavy atom. The fourth-order valence-electron chi connectivity index (χ4n) is 4.30. The van der Waals surface area contributed by atoms with Gasteiger partial charge in [-0.15, -0.1) is 0 Å². The maximum Gasteiger partial charge on any atom is 0.0146 e. The lowest BCUT2D eigenvalue weighted by Crippen LogP contribution is -2.18. The van der Waals surface area contributed by atoms with Crippen LogP contribution in [0.3, 0.4) is 0 Å². The van der Waals surface area contributed by atoms with Crippen molar-refractivity contribution in [2.24, 2.45) is 0 Å². The molecule has 0 heteroatoms. The van der Waals surface area contributed by atoms with E-state index in [2.05, 4.69) is 149 Å². The van der Waals surface area contributed by atoms with Crippen LogP contribution >= 0.6 is 0 Å². The first kappa shape index (κ1) is 24.5. The molecule has 0 amide bonds. The molecule has 0 nitrogen and oxygen atoms in total. The van der Waals surface area contributed by atoms with Gasteiger partial charge in [0.25, 0.3) is 0 Å². The van der Waals surface area contributed by atoms with Crippen molar-refractivity contribution in [2.75, 3.05) is 0 Å². The number of aryl methyl sites for hydroxylation is 2. The quantitative estimate of drug-likeness (QED) is 0.232. The molecular formula is C35H36. The van der Waals surface area contributed by atoms with Gasteiger partial charge in [-0.05, 0) is 57.3 Å². The van der Waals surface area contributed by atoms with Crippen LogP contribution in [0.5, 0.6) is 0 Å². The molecule has 0 N–H and O–H groups in total. The second-order valence-corrected chi connectivity index (χ2v) is 9.73. The van der Waals surface area contributed by atoms with Gasteiger partial charge in [0.15, 0.2) is 0 Å². The first-order chi connectivity index (χ1) is 17.0. The van der Waals surface area contributed by atoms with Crippen molar-refractivity contribution in [3.8, 4) is 0 Å². The summed E-state index contributed by atoms with van der Waals surface area (Å²) >= 11 is 0. The monoisotopic (exact) mass is 456 g/mol. The molecule has 0 aromatic heterocycles. The van der Waals surface area contributed by atoms with Crippen LogP contribution in [0.4, 0.5) is 0 Å². The highest BCUT2D eigenvalue weighted by Gasteiger charge is 2.22. The number of rotatable bonds is 8. The zero-order chi connectivity index (χ0) is 24.7. The van der Waals surface area contributed by atoms with Crippen molar-refractivity contribution in [3.05, 3.63) is 142 Å². The van der Waals surface area contributed by atoms with Gasteiger partial charge in [-0.2, -0.15) is 0 Å². The summed E-state index contributed by atoms with van der Waals surface area (Å²) in [6.45, 7) is 8.97. The first-order valence-corrected chi connectivity index (χ1v) is 12.7. The van der Waals surface area contributed by atoms with Crippen LogP contribution < -0.4 is 0 Å². The molecule has 0 heterocycles. The Labute approximate surface area is 211 Å². The summed E-state index contributed by atoms with van der Waals surface area (Å²) in [6.07, 6.45) is 10.9. The molecule has 0 unspecified atom stereocenters. The first-order valence-electron chi connectivity index (χ1n) is 12.7. The highest BCUT2D eigenvalue weighted by atomic mass is 14.3.